The Morgan fingerprint density at radius 1 is 1.33 bits per heavy atom. The van der Waals surface area contributed by atoms with Gasteiger partial charge in [-0.25, -0.2) is 4.98 Å². The second-order valence-electron chi connectivity index (χ2n) is 5.32. The summed E-state index contributed by atoms with van der Waals surface area (Å²) in [5.41, 5.74) is 0.0643. The van der Waals surface area contributed by atoms with Crippen LogP contribution in [0.5, 0.6) is 0 Å². The quantitative estimate of drug-likeness (QED) is 0.857. The van der Waals surface area contributed by atoms with Gasteiger partial charge in [0, 0.05) is 23.5 Å². The number of nitrogens with zero attached hydrogens (tertiary/aromatic N) is 2. The molecule has 0 aliphatic heterocycles. The molecule has 0 fully saturated rings. The fourth-order valence-electron chi connectivity index (χ4n) is 1.14. The minimum atomic E-state index is 0.0643. The topological polar surface area (TPSA) is 37.8 Å². The fraction of sp³-hybridized carbons (Fsp3) is 0.818. The number of anilines is 1. The molecule has 0 atom stereocenters. The normalized spacial score (nSPS) is 12.1. The molecule has 1 aromatic rings. The van der Waals surface area contributed by atoms with Crippen LogP contribution in [-0.2, 0) is 6.42 Å². The minimum Gasteiger partial charge on any atom is -0.356 e. The number of aromatic nitrogens is 2. The van der Waals surface area contributed by atoms with Crippen molar-refractivity contribution in [3.8, 4) is 0 Å². The van der Waals surface area contributed by atoms with Crippen LogP contribution in [0.3, 0.4) is 0 Å². The van der Waals surface area contributed by atoms with E-state index in [9.17, 15) is 0 Å². The Hall–Kier alpha value is -0.640. The number of hydrogen-bond donors (Lipinski definition) is 1. The monoisotopic (exact) mass is 227 g/mol. The second kappa shape index (κ2) is 4.92. The number of nitrogens with one attached hydrogen (secondary N) is 1. The molecule has 0 saturated heterocycles. The van der Waals surface area contributed by atoms with E-state index in [1.165, 1.54) is 11.5 Å². The van der Waals surface area contributed by atoms with Crippen LogP contribution in [0.1, 0.15) is 46.9 Å². The standard InChI is InChI=1S/C11H21N3S/c1-8(2)6-7-9-12-10(15-14-9)13-11(3,4)5/h8H,6-7H2,1-5H3,(H,12,13,14). The maximum absolute atomic E-state index is 4.46. The summed E-state index contributed by atoms with van der Waals surface area (Å²) in [5, 5.41) is 4.27. The SMILES string of the molecule is CC(C)CCc1nsc(NC(C)(C)C)n1. The van der Waals surface area contributed by atoms with E-state index in [4.69, 9.17) is 0 Å². The Labute approximate surface area is 96.5 Å². The van der Waals surface area contributed by atoms with Gasteiger partial charge in [-0.3, -0.25) is 0 Å². The predicted molar refractivity (Wildman–Crippen MR) is 66.4 cm³/mol. The van der Waals surface area contributed by atoms with Crippen molar-refractivity contribution in [2.24, 2.45) is 5.92 Å². The van der Waals surface area contributed by atoms with Crippen LogP contribution >= 0.6 is 11.5 Å². The molecule has 0 spiro atoms. The first-order chi connectivity index (χ1) is 6.87. The van der Waals surface area contributed by atoms with Crippen molar-refractivity contribution in [3.05, 3.63) is 5.82 Å². The highest BCUT2D eigenvalue weighted by Crippen LogP contribution is 2.18. The van der Waals surface area contributed by atoms with Gasteiger partial charge in [0.1, 0.15) is 5.82 Å². The van der Waals surface area contributed by atoms with E-state index in [1.54, 1.807) is 0 Å². The molecule has 15 heavy (non-hydrogen) atoms. The summed E-state index contributed by atoms with van der Waals surface area (Å²) < 4.78 is 4.34. The summed E-state index contributed by atoms with van der Waals surface area (Å²) in [5.74, 6) is 1.69. The van der Waals surface area contributed by atoms with Gasteiger partial charge in [0.25, 0.3) is 0 Å². The molecule has 0 aromatic carbocycles. The maximum atomic E-state index is 4.46. The van der Waals surface area contributed by atoms with Gasteiger partial charge in [0.2, 0.25) is 5.13 Å². The molecule has 86 valence electrons. The first-order valence-corrected chi connectivity index (χ1v) is 6.25. The van der Waals surface area contributed by atoms with E-state index in [-0.39, 0.29) is 5.54 Å². The van der Waals surface area contributed by atoms with Gasteiger partial charge < -0.3 is 5.32 Å². The molecule has 3 nitrogen and oxygen atoms in total. The molecule has 0 radical (unpaired) electrons. The van der Waals surface area contributed by atoms with Crippen molar-refractivity contribution >= 4 is 16.7 Å². The first-order valence-electron chi connectivity index (χ1n) is 5.47. The van der Waals surface area contributed by atoms with Crippen LogP contribution in [0.2, 0.25) is 0 Å². The minimum absolute atomic E-state index is 0.0643. The Morgan fingerprint density at radius 3 is 2.53 bits per heavy atom. The predicted octanol–water partition coefficient (Wildman–Crippen LogP) is 3.34. The van der Waals surface area contributed by atoms with E-state index in [0.29, 0.717) is 5.92 Å². The van der Waals surface area contributed by atoms with Crippen molar-refractivity contribution in [3.63, 3.8) is 0 Å². The third kappa shape index (κ3) is 5.11. The lowest BCUT2D eigenvalue weighted by Gasteiger charge is -2.18. The van der Waals surface area contributed by atoms with Gasteiger partial charge in [0.15, 0.2) is 0 Å². The number of hydrogen-bond acceptors (Lipinski definition) is 4. The van der Waals surface area contributed by atoms with Gasteiger partial charge in [-0.05, 0) is 33.1 Å². The Balaban J connectivity index is 2.49. The molecule has 4 heteroatoms. The molecular weight excluding hydrogens is 206 g/mol. The van der Waals surface area contributed by atoms with Crippen molar-refractivity contribution < 1.29 is 0 Å². The summed E-state index contributed by atoms with van der Waals surface area (Å²) in [6, 6.07) is 0. The summed E-state index contributed by atoms with van der Waals surface area (Å²) >= 11 is 1.46. The van der Waals surface area contributed by atoms with Crippen LogP contribution in [0, 0.1) is 5.92 Å². The number of rotatable bonds is 4. The molecule has 0 unspecified atom stereocenters. The van der Waals surface area contributed by atoms with Crippen LogP contribution in [0.4, 0.5) is 5.13 Å². The zero-order valence-electron chi connectivity index (χ0n) is 10.3. The van der Waals surface area contributed by atoms with Crippen LogP contribution in [-0.4, -0.2) is 14.9 Å². The van der Waals surface area contributed by atoms with Gasteiger partial charge in [-0.1, -0.05) is 13.8 Å². The van der Waals surface area contributed by atoms with E-state index < -0.39 is 0 Å². The second-order valence-corrected chi connectivity index (χ2v) is 6.08. The van der Waals surface area contributed by atoms with Crippen LogP contribution < -0.4 is 5.32 Å². The highest BCUT2D eigenvalue weighted by molar-refractivity contribution is 7.09. The highest BCUT2D eigenvalue weighted by Gasteiger charge is 2.12. The van der Waals surface area contributed by atoms with E-state index in [1.807, 2.05) is 0 Å². The van der Waals surface area contributed by atoms with E-state index >= 15 is 0 Å². The summed E-state index contributed by atoms with van der Waals surface area (Å²) in [6.45, 7) is 10.8. The van der Waals surface area contributed by atoms with Gasteiger partial charge >= 0.3 is 0 Å². The smallest absolute Gasteiger partial charge is 0.202 e. The molecule has 0 saturated carbocycles. The lowest BCUT2D eigenvalue weighted by molar-refractivity contribution is 0.577. The maximum Gasteiger partial charge on any atom is 0.202 e. The van der Waals surface area contributed by atoms with Crippen LogP contribution in [0.15, 0.2) is 0 Å². The molecule has 0 amide bonds. The van der Waals surface area contributed by atoms with Gasteiger partial charge in [-0.2, -0.15) is 4.37 Å². The zero-order valence-corrected chi connectivity index (χ0v) is 11.1. The molecule has 0 aliphatic rings. The molecular formula is C11H21N3S. The molecule has 1 aromatic heterocycles. The highest BCUT2D eigenvalue weighted by atomic mass is 32.1. The van der Waals surface area contributed by atoms with E-state index in [2.05, 4.69) is 49.3 Å². The third-order valence-electron chi connectivity index (χ3n) is 1.90. The largest absolute Gasteiger partial charge is 0.356 e. The molecule has 1 heterocycles. The molecule has 1 rings (SSSR count). The average molecular weight is 227 g/mol. The average Bonchev–Trinajstić information content (AvgIpc) is 2.45. The Morgan fingerprint density at radius 2 is 2.00 bits per heavy atom. The van der Waals surface area contributed by atoms with Crippen molar-refractivity contribution in [1.29, 1.82) is 0 Å². The molecule has 0 bridgehead atoms. The molecule has 1 N–H and O–H groups in total. The van der Waals surface area contributed by atoms with Gasteiger partial charge in [-0.15, -0.1) is 0 Å². The first kappa shape index (κ1) is 12.4. The summed E-state index contributed by atoms with van der Waals surface area (Å²) in [6.07, 6.45) is 2.14. The Bertz CT molecular complexity index is 299. The lowest BCUT2D eigenvalue weighted by Crippen LogP contribution is -2.25. The van der Waals surface area contributed by atoms with Crippen molar-refractivity contribution in [2.75, 3.05) is 5.32 Å². The van der Waals surface area contributed by atoms with Crippen molar-refractivity contribution in [2.45, 2.75) is 53.0 Å². The summed E-state index contributed by atoms with van der Waals surface area (Å²) in [4.78, 5) is 4.46. The molecule has 0 aliphatic carbocycles. The van der Waals surface area contributed by atoms with Gasteiger partial charge in [0.05, 0.1) is 0 Å². The van der Waals surface area contributed by atoms with Crippen LogP contribution in [0.25, 0.3) is 0 Å². The lowest BCUT2D eigenvalue weighted by atomic mass is 10.1. The Kier molecular flexibility index (Phi) is 4.08. The third-order valence-corrected chi connectivity index (χ3v) is 2.56. The van der Waals surface area contributed by atoms with Crippen molar-refractivity contribution in [1.82, 2.24) is 9.36 Å². The van der Waals surface area contributed by atoms with E-state index in [0.717, 1.165) is 23.8 Å². The summed E-state index contributed by atoms with van der Waals surface area (Å²) in [7, 11) is 0. The fourth-order valence-corrected chi connectivity index (χ4v) is 1.97. The zero-order chi connectivity index (χ0) is 11.5. The number of aryl methyl sites for hydroxylation is 1.